The SMILES string of the molecule is CC1OCCC1(O)CNS(=O)(=O)c1ccc(CC(=O)O)s1. The smallest absolute Gasteiger partial charge is 0.308 e. The second-order valence-electron chi connectivity index (χ2n) is 4.98. The summed E-state index contributed by atoms with van der Waals surface area (Å²) in [6, 6.07) is 2.84. The van der Waals surface area contributed by atoms with Crippen LogP contribution in [0.1, 0.15) is 18.2 Å². The standard InChI is InChI=1S/C12H17NO6S2/c1-8-12(16,4-5-19-8)7-13-21(17,18)11-3-2-9(20-11)6-10(14)15/h2-3,8,13,16H,4-7H2,1H3,(H,14,15). The molecular weight excluding hydrogens is 318 g/mol. The average Bonchev–Trinajstić information content (AvgIpc) is 2.96. The van der Waals surface area contributed by atoms with Gasteiger partial charge in [-0.1, -0.05) is 0 Å². The van der Waals surface area contributed by atoms with E-state index in [4.69, 9.17) is 9.84 Å². The van der Waals surface area contributed by atoms with Crippen LogP contribution in [0.2, 0.25) is 0 Å². The van der Waals surface area contributed by atoms with E-state index in [-0.39, 0.29) is 17.2 Å². The summed E-state index contributed by atoms with van der Waals surface area (Å²) in [7, 11) is -3.76. The van der Waals surface area contributed by atoms with Crippen LogP contribution < -0.4 is 4.72 Å². The number of carboxylic acids is 1. The molecule has 1 aromatic heterocycles. The normalized spacial score (nSPS) is 26.1. The topological polar surface area (TPSA) is 113 Å². The summed E-state index contributed by atoms with van der Waals surface area (Å²) in [5, 5.41) is 19.0. The van der Waals surface area contributed by atoms with E-state index in [0.29, 0.717) is 17.9 Å². The minimum atomic E-state index is -3.76. The molecule has 0 aromatic carbocycles. The molecule has 2 rings (SSSR count). The molecule has 3 N–H and O–H groups in total. The number of sulfonamides is 1. The molecule has 1 aliphatic heterocycles. The number of aliphatic carboxylic acids is 1. The first-order chi connectivity index (χ1) is 9.73. The number of carboxylic acid groups (broad SMARTS) is 1. The Labute approximate surface area is 126 Å². The van der Waals surface area contributed by atoms with Crippen LogP contribution in [0.4, 0.5) is 0 Å². The largest absolute Gasteiger partial charge is 0.481 e. The van der Waals surface area contributed by atoms with Gasteiger partial charge in [0.1, 0.15) is 9.81 Å². The molecule has 2 atom stereocenters. The van der Waals surface area contributed by atoms with Gasteiger partial charge in [-0.3, -0.25) is 4.79 Å². The van der Waals surface area contributed by atoms with Crippen molar-refractivity contribution in [2.45, 2.75) is 35.7 Å². The van der Waals surface area contributed by atoms with Crippen LogP contribution in [-0.2, 0) is 26.0 Å². The average molecular weight is 335 g/mol. The molecular formula is C12H17NO6S2. The van der Waals surface area contributed by atoms with Gasteiger partial charge in [0.25, 0.3) is 0 Å². The zero-order chi connectivity index (χ0) is 15.7. The van der Waals surface area contributed by atoms with E-state index in [9.17, 15) is 18.3 Å². The van der Waals surface area contributed by atoms with Gasteiger partial charge >= 0.3 is 5.97 Å². The van der Waals surface area contributed by atoms with E-state index < -0.39 is 27.7 Å². The second-order valence-corrected chi connectivity index (χ2v) is 8.14. The lowest BCUT2D eigenvalue weighted by molar-refractivity contribution is -0.136. The highest BCUT2D eigenvalue weighted by Crippen LogP contribution is 2.26. The molecule has 0 radical (unpaired) electrons. The lowest BCUT2D eigenvalue weighted by atomic mass is 9.97. The zero-order valence-electron chi connectivity index (χ0n) is 11.4. The number of hydrogen-bond donors (Lipinski definition) is 3. The van der Waals surface area contributed by atoms with Gasteiger partial charge in [-0.15, -0.1) is 11.3 Å². The number of ether oxygens (including phenoxy) is 1. The number of rotatable bonds is 6. The molecule has 9 heteroatoms. The van der Waals surface area contributed by atoms with Gasteiger partial charge < -0.3 is 14.9 Å². The molecule has 118 valence electrons. The van der Waals surface area contributed by atoms with Crippen LogP contribution in [0.5, 0.6) is 0 Å². The molecule has 0 bridgehead atoms. The Bertz CT molecular complexity index is 625. The predicted molar refractivity (Wildman–Crippen MR) is 75.8 cm³/mol. The molecule has 2 heterocycles. The fourth-order valence-electron chi connectivity index (χ4n) is 2.04. The van der Waals surface area contributed by atoms with Crippen molar-refractivity contribution in [2.24, 2.45) is 0 Å². The molecule has 0 saturated carbocycles. The number of carbonyl (C=O) groups is 1. The van der Waals surface area contributed by atoms with E-state index in [0.717, 1.165) is 11.3 Å². The minimum Gasteiger partial charge on any atom is -0.481 e. The van der Waals surface area contributed by atoms with Gasteiger partial charge in [0.2, 0.25) is 10.0 Å². The summed E-state index contributed by atoms with van der Waals surface area (Å²) < 4.78 is 31.9. The van der Waals surface area contributed by atoms with Crippen LogP contribution in [0.15, 0.2) is 16.3 Å². The first-order valence-electron chi connectivity index (χ1n) is 6.37. The maximum Gasteiger partial charge on any atom is 0.308 e. The Kier molecular flexibility index (Phi) is 4.69. The highest BCUT2D eigenvalue weighted by molar-refractivity contribution is 7.91. The number of nitrogens with one attached hydrogen (secondary N) is 1. The lowest BCUT2D eigenvalue weighted by Gasteiger charge is -2.25. The molecule has 21 heavy (non-hydrogen) atoms. The fourth-order valence-corrected chi connectivity index (χ4v) is 4.53. The van der Waals surface area contributed by atoms with Gasteiger partial charge in [-0.2, -0.15) is 0 Å². The first-order valence-corrected chi connectivity index (χ1v) is 8.67. The van der Waals surface area contributed by atoms with Gasteiger partial charge in [-0.25, -0.2) is 13.1 Å². The van der Waals surface area contributed by atoms with E-state index in [1.165, 1.54) is 12.1 Å². The van der Waals surface area contributed by atoms with Crippen LogP contribution in [-0.4, -0.2) is 49.5 Å². The van der Waals surface area contributed by atoms with E-state index in [1.54, 1.807) is 6.92 Å². The molecule has 0 amide bonds. The fraction of sp³-hybridized carbons (Fsp3) is 0.583. The van der Waals surface area contributed by atoms with Crippen molar-refractivity contribution >= 4 is 27.3 Å². The molecule has 7 nitrogen and oxygen atoms in total. The predicted octanol–water partition coefficient (Wildman–Crippen LogP) is 0.193. The Balaban J connectivity index is 2.05. The van der Waals surface area contributed by atoms with E-state index >= 15 is 0 Å². The maximum atomic E-state index is 12.1. The number of hydrogen-bond acceptors (Lipinski definition) is 6. The maximum absolute atomic E-state index is 12.1. The summed E-state index contributed by atoms with van der Waals surface area (Å²) >= 11 is 0.906. The third kappa shape index (κ3) is 3.80. The number of thiophene rings is 1. The molecule has 0 spiro atoms. The minimum absolute atomic E-state index is 0.0360. The highest BCUT2D eigenvalue weighted by atomic mass is 32.2. The quantitative estimate of drug-likeness (QED) is 0.684. The molecule has 1 saturated heterocycles. The first kappa shape index (κ1) is 16.4. The third-order valence-corrected chi connectivity index (χ3v) is 6.43. The van der Waals surface area contributed by atoms with E-state index in [1.807, 2.05) is 0 Å². The van der Waals surface area contributed by atoms with Gasteiger partial charge in [-0.05, 0) is 19.1 Å². The molecule has 2 unspecified atom stereocenters. The number of aliphatic hydroxyl groups is 1. The van der Waals surface area contributed by atoms with E-state index in [2.05, 4.69) is 4.72 Å². The third-order valence-electron chi connectivity index (χ3n) is 3.46. The van der Waals surface area contributed by atoms with Crippen molar-refractivity contribution in [1.29, 1.82) is 0 Å². The van der Waals surface area contributed by atoms with Crippen molar-refractivity contribution in [3.05, 3.63) is 17.0 Å². The Morgan fingerprint density at radius 1 is 1.57 bits per heavy atom. The summed E-state index contributed by atoms with van der Waals surface area (Å²) in [6.45, 7) is 1.95. The summed E-state index contributed by atoms with van der Waals surface area (Å²) in [5.41, 5.74) is -1.21. The second kappa shape index (κ2) is 6.01. The molecule has 1 fully saturated rings. The van der Waals surface area contributed by atoms with Crippen LogP contribution >= 0.6 is 11.3 Å². The van der Waals surface area contributed by atoms with Crippen molar-refractivity contribution in [2.75, 3.05) is 13.2 Å². The molecule has 1 aromatic rings. The monoisotopic (exact) mass is 335 g/mol. The zero-order valence-corrected chi connectivity index (χ0v) is 13.0. The Hall–Kier alpha value is -1.00. The lowest BCUT2D eigenvalue weighted by Crippen LogP contribution is -2.47. The summed E-state index contributed by atoms with van der Waals surface area (Å²) in [6.07, 6.45) is -0.286. The van der Waals surface area contributed by atoms with Crippen molar-refractivity contribution in [1.82, 2.24) is 4.72 Å². The molecule has 1 aliphatic rings. The summed E-state index contributed by atoms with van der Waals surface area (Å²) in [4.78, 5) is 11.1. The van der Waals surface area contributed by atoms with Gasteiger partial charge in [0.05, 0.1) is 12.5 Å². The van der Waals surface area contributed by atoms with Crippen molar-refractivity contribution < 1.29 is 28.2 Å². The van der Waals surface area contributed by atoms with Gasteiger partial charge in [0, 0.05) is 24.4 Å². The molecule has 0 aliphatic carbocycles. The van der Waals surface area contributed by atoms with Crippen LogP contribution in [0.25, 0.3) is 0 Å². The van der Waals surface area contributed by atoms with Crippen molar-refractivity contribution in [3.8, 4) is 0 Å². The highest BCUT2D eigenvalue weighted by Gasteiger charge is 2.40. The van der Waals surface area contributed by atoms with Crippen LogP contribution in [0, 0.1) is 0 Å². The van der Waals surface area contributed by atoms with Crippen molar-refractivity contribution in [3.63, 3.8) is 0 Å². The summed E-state index contributed by atoms with van der Waals surface area (Å²) in [5.74, 6) is -1.01. The Morgan fingerprint density at radius 2 is 2.29 bits per heavy atom. The Morgan fingerprint density at radius 3 is 2.86 bits per heavy atom. The van der Waals surface area contributed by atoms with Gasteiger partial charge in [0.15, 0.2) is 0 Å². The van der Waals surface area contributed by atoms with Crippen LogP contribution in [0.3, 0.4) is 0 Å².